The van der Waals surface area contributed by atoms with E-state index in [-0.39, 0.29) is 5.56 Å². The Labute approximate surface area is 230 Å². The number of aryl methyl sites for hydroxylation is 1. The molecule has 2 N–H and O–H groups in total. The van der Waals surface area contributed by atoms with Gasteiger partial charge in [0.2, 0.25) is 0 Å². The molecule has 2 aromatic heterocycles. The Morgan fingerprint density at radius 2 is 1.73 bits per heavy atom. The summed E-state index contributed by atoms with van der Waals surface area (Å²) in [5.74, 6) is 1.43. The molecule has 4 aromatic rings. The molecule has 0 saturated carbocycles. The topological polar surface area (TPSA) is 84.4 Å². The van der Waals surface area contributed by atoms with Gasteiger partial charge in [0.05, 0.1) is 43.0 Å². The van der Waals surface area contributed by atoms with Crippen molar-refractivity contribution in [3.8, 4) is 5.75 Å². The zero-order valence-corrected chi connectivity index (χ0v) is 22.5. The van der Waals surface area contributed by atoms with Crippen LogP contribution in [-0.2, 0) is 11.3 Å². The Kier molecular flexibility index (Phi) is 8.20. The molecule has 0 spiro atoms. The number of methoxy groups -OCH3 is 1. The van der Waals surface area contributed by atoms with Gasteiger partial charge in [0, 0.05) is 25.2 Å². The van der Waals surface area contributed by atoms with Crippen LogP contribution in [0.25, 0.3) is 11.0 Å². The van der Waals surface area contributed by atoms with Gasteiger partial charge in [-0.25, -0.2) is 28.1 Å². The second kappa shape index (κ2) is 12.0. The number of hydrogen-bond acceptors (Lipinski definition) is 8. The molecule has 1 atom stereocenters. The molecule has 1 fully saturated rings. The number of hydrogen-bond donors (Lipinski definition) is 2. The number of ether oxygens (including phenoxy) is 2. The molecule has 5 rings (SSSR count). The molecule has 0 amide bonds. The number of fused-ring (bicyclic) bond motifs is 1. The maximum atomic E-state index is 14.9. The largest absolute Gasteiger partial charge is 0.497 e. The second-order valence-corrected chi connectivity index (χ2v) is 9.56. The molecular formula is C29H31F3N6O2. The number of alkyl halides is 2. The molecule has 0 bridgehead atoms. The number of aromatic nitrogens is 3. The summed E-state index contributed by atoms with van der Waals surface area (Å²) in [5.41, 5.74) is 1.87. The number of rotatable bonds is 9. The van der Waals surface area contributed by atoms with Crippen molar-refractivity contribution in [1.82, 2.24) is 15.0 Å². The fourth-order valence-electron chi connectivity index (χ4n) is 4.72. The molecule has 8 nitrogen and oxygen atoms in total. The van der Waals surface area contributed by atoms with Gasteiger partial charge >= 0.3 is 0 Å². The average Bonchev–Trinajstić information content (AvgIpc) is 2.96. The van der Waals surface area contributed by atoms with E-state index in [1.54, 1.807) is 21.0 Å². The molecule has 2 aromatic carbocycles. The van der Waals surface area contributed by atoms with Crippen LogP contribution in [0.4, 0.5) is 30.5 Å². The normalized spacial score (nSPS) is 14.4. The number of nitrogens with zero attached hydrogens (tertiary/aromatic N) is 4. The van der Waals surface area contributed by atoms with Crippen LogP contribution in [-0.4, -0.2) is 48.4 Å². The number of nitrogens with one attached hydrogen (secondary N) is 2. The first kappa shape index (κ1) is 27.4. The smallest absolute Gasteiger partial charge is 0.266 e. The lowest BCUT2D eigenvalue weighted by atomic mass is 10.0. The van der Waals surface area contributed by atoms with Crippen molar-refractivity contribution in [2.75, 3.05) is 48.9 Å². The van der Waals surface area contributed by atoms with Crippen LogP contribution in [0, 0.1) is 12.7 Å². The summed E-state index contributed by atoms with van der Waals surface area (Å²) < 4.78 is 52.3. The van der Waals surface area contributed by atoms with Crippen LogP contribution in [0.2, 0.25) is 0 Å². The van der Waals surface area contributed by atoms with Crippen molar-refractivity contribution in [3.05, 3.63) is 76.9 Å². The third-order valence-corrected chi connectivity index (χ3v) is 6.86. The van der Waals surface area contributed by atoms with Crippen LogP contribution in [0.1, 0.15) is 41.9 Å². The summed E-state index contributed by atoms with van der Waals surface area (Å²) in [6.45, 7) is 6.52. The summed E-state index contributed by atoms with van der Waals surface area (Å²) in [4.78, 5) is 16.2. The Morgan fingerprint density at radius 1 is 1.00 bits per heavy atom. The summed E-state index contributed by atoms with van der Waals surface area (Å²) in [6, 6.07) is 13.1. The third kappa shape index (κ3) is 5.89. The summed E-state index contributed by atoms with van der Waals surface area (Å²) in [7, 11) is 1.63. The van der Waals surface area contributed by atoms with Gasteiger partial charge in [0.1, 0.15) is 23.2 Å². The van der Waals surface area contributed by atoms with Crippen LogP contribution in [0.15, 0.2) is 48.5 Å². The lowest BCUT2D eigenvalue weighted by Crippen LogP contribution is -2.36. The van der Waals surface area contributed by atoms with E-state index in [1.165, 1.54) is 12.1 Å². The second-order valence-electron chi connectivity index (χ2n) is 9.56. The molecule has 210 valence electrons. The van der Waals surface area contributed by atoms with Gasteiger partial charge in [-0.15, -0.1) is 0 Å². The standard InChI is InChI=1S/C29H31F3N6O2/c1-17(21-5-4-6-22(25(21)30)26(31)32)34-27-23-15-24(38-11-13-40-14-12-38)29(37-28(23)36-18(2)35-27)33-16-19-7-9-20(39-3)10-8-19/h4-10,15,17,26H,11-14,16H2,1-3H3,(H2,33,34,35,36,37)/t17-/m1/s1. The van der Waals surface area contributed by atoms with E-state index in [2.05, 4.69) is 25.5 Å². The zero-order valence-electron chi connectivity index (χ0n) is 22.5. The lowest BCUT2D eigenvalue weighted by molar-refractivity contribution is 0.123. The fraction of sp³-hybridized carbons (Fsp3) is 0.345. The molecule has 1 aliphatic rings. The van der Waals surface area contributed by atoms with Crippen LogP contribution in [0.3, 0.4) is 0 Å². The van der Waals surface area contributed by atoms with Gasteiger partial charge in [0.15, 0.2) is 11.5 Å². The van der Waals surface area contributed by atoms with E-state index >= 15 is 0 Å². The highest BCUT2D eigenvalue weighted by atomic mass is 19.3. The highest BCUT2D eigenvalue weighted by molar-refractivity contribution is 5.92. The molecule has 1 saturated heterocycles. The van der Waals surface area contributed by atoms with Crippen LogP contribution < -0.4 is 20.3 Å². The number of anilines is 3. The van der Waals surface area contributed by atoms with E-state index in [1.807, 2.05) is 30.3 Å². The predicted octanol–water partition coefficient (Wildman–Crippen LogP) is 6.04. The average molecular weight is 553 g/mol. The third-order valence-electron chi connectivity index (χ3n) is 6.86. The lowest BCUT2D eigenvalue weighted by Gasteiger charge is -2.30. The van der Waals surface area contributed by atoms with E-state index in [0.29, 0.717) is 61.3 Å². The predicted molar refractivity (Wildman–Crippen MR) is 149 cm³/mol. The first-order valence-corrected chi connectivity index (χ1v) is 13.1. The van der Waals surface area contributed by atoms with Gasteiger partial charge in [-0.05, 0) is 37.6 Å². The highest BCUT2D eigenvalue weighted by Crippen LogP contribution is 2.34. The SMILES string of the molecule is COc1ccc(CNc2nc3nc(C)nc(N[C@H](C)c4cccc(C(F)F)c4F)c3cc2N2CCOCC2)cc1. The molecule has 0 aliphatic carbocycles. The molecule has 1 aliphatic heterocycles. The fourth-order valence-corrected chi connectivity index (χ4v) is 4.72. The molecule has 0 radical (unpaired) electrons. The molecule has 0 unspecified atom stereocenters. The van der Waals surface area contributed by atoms with Gasteiger partial charge < -0.3 is 25.0 Å². The van der Waals surface area contributed by atoms with E-state index in [9.17, 15) is 13.2 Å². The number of pyridine rings is 1. The van der Waals surface area contributed by atoms with E-state index in [0.717, 1.165) is 23.1 Å². The van der Waals surface area contributed by atoms with Gasteiger partial charge in [0.25, 0.3) is 6.43 Å². The Bertz CT molecular complexity index is 1480. The summed E-state index contributed by atoms with van der Waals surface area (Å²) in [6.07, 6.45) is -2.90. The van der Waals surface area contributed by atoms with Gasteiger partial charge in [-0.1, -0.05) is 30.3 Å². The quantitative estimate of drug-likeness (QED) is 0.260. The van der Waals surface area contributed by atoms with Crippen molar-refractivity contribution in [3.63, 3.8) is 0 Å². The highest BCUT2D eigenvalue weighted by Gasteiger charge is 2.23. The minimum absolute atomic E-state index is 0.126. The van der Waals surface area contributed by atoms with Crippen molar-refractivity contribution in [1.29, 1.82) is 0 Å². The zero-order chi connectivity index (χ0) is 28.2. The Balaban J connectivity index is 1.51. The van der Waals surface area contributed by atoms with Gasteiger partial charge in [-0.2, -0.15) is 0 Å². The van der Waals surface area contributed by atoms with E-state index in [4.69, 9.17) is 14.5 Å². The van der Waals surface area contributed by atoms with Crippen LogP contribution >= 0.6 is 0 Å². The summed E-state index contributed by atoms with van der Waals surface area (Å²) in [5, 5.41) is 7.30. The maximum Gasteiger partial charge on any atom is 0.266 e. The first-order chi connectivity index (χ1) is 19.3. The van der Waals surface area contributed by atoms with Crippen LogP contribution in [0.5, 0.6) is 5.75 Å². The van der Waals surface area contributed by atoms with E-state index < -0.39 is 23.8 Å². The number of morpholine rings is 1. The monoisotopic (exact) mass is 552 g/mol. The molecular weight excluding hydrogens is 521 g/mol. The van der Waals surface area contributed by atoms with Crippen molar-refractivity contribution < 1.29 is 22.6 Å². The number of halogens is 3. The first-order valence-electron chi connectivity index (χ1n) is 13.1. The Morgan fingerprint density at radius 3 is 2.42 bits per heavy atom. The van der Waals surface area contributed by atoms with Crippen molar-refractivity contribution in [2.45, 2.75) is 32.9 Å². The molecule has 11 heteroatoms. The van der Waals surface area contributed by atoms with Crippen molar-refractivity contribution in [2.24, 2.45) is 0 Å². The summed E-state index contributed by atoms with van der Waals surface area (Å²) >= 11 is 0. The minimum Gasteiger partial charge on any atom is -0.497 e. The number of benzene rings is 2. The Hall–Kier alpha value is -4.12. The minimum atomic E-state index is -2.90. The van der Waals surface area contributed by atoms with Gasteiger partial charge in [-0.3, -0.25) is 0 Å². The molecule has 3 heterocycles. The molecule has 40 heavy (non-hydrogen) atoms. The maximum absolute atomic E-state index is 14.9. The van der Waals surface area contributed by atoms with Crippen molar-refractivity contribution >= 4 is 28.4 Å².